The average molecular weight is 444 g/mol. The summed E-state index contributed by atoms with van der Waals surface area (Å²) in [5, 5.41) is 0.347. The highest BCUT2D eigenvalue weighted by atomic mass is 16.5. The fourth-order valence-corrected chi connectivity index (χ4v) is 3.54. The summed E-state index contributed by atoms with van der Waals surface area (Å²) < 4.78 is 11.9. The third-order valence-corrected chi connectivity index (χ3v) is 5.25. The number of aromatic amines is 2. The van der Waals surface area contributed by atoms with Gasteiger partial charge in [-0.2, -0.15) is 0 Å². The third kappa shape index (κ3) is 4.32. The van der Waals surface area contributed by atoms with Crippen LogP contribution in [0.5, 0.6) is 11.5 Å². The van der Waals surface area contributed by atoms with Crippen molar-refractivity contribution in [2.24, 2.45) is 0 Å². The van der Waals surface area contributed by atoms with Crippen LogP contribution < -0.4 is 36.9 Å². The highest BCUT2D eigenvalue weighted by Gasteiger charge is 2.19. The summed E-state index contributed by atoms with van der Waals surface area (Å²) in [5.41, 5.74) is 5.33. The third-order valence-electron chi connectivity index (χ3n) is 5.25. The predicted molar refractivity (Wildman–Crippen MR) is 123 cm³/mol. The van der Waals surface area contributed by atoms with Gasteiger partial charge in [-0.15, -0.1) is 0 Å². The Morgan fingerprint density at radius 3 is 2.38 bits per heavy atom. The van der Waals surface area contributed by atoms with E-state index in [-0.39, 0.29) is 23.6 Å². The van der Waals surface area contributed by atoms with Crippen molar-refractivity contribution in [1.29, 1.82) is 0 Å². The van der Waals surface area contributed by atoms with E-state index >= 15 is 0 Å². The van der Waals surface area contributed by atoms with E-state index in [2.05, 4.69) is 15.0 Å². The number of anilines is 2. The van der Waals surface area contributed by atoms with Crippen molar-refractivity contribution in [3.8, 4) is 11.5 Å². The first-order valence-electron chi connectivity index (χ1n) is 10.4. The number of nitrogens with zero attached hydrogens (tertiary/aromatic N) is 3. The first-order chi connectivity index (χ1) is 15.3. The molecule has 0 aliphatic carbocycles. The molecule has 3 rings (SSSR count). The van der Waals surface area contributed by atoms with E-state index in [1.165, 1.54) is 18.8 Å². The molecular weight excluding hydrogens is 416 g/mol. The van der Waals surface area contributed by atoms with E-state index in [4.69, 9.17) is 15.2 Å². The van der Waals surface area contributed by atoms with Gasteiger partial charge in [0, 0.05) is 19.2 Å². The van der Waals surface area contributed by atoms with Crippen LogP contribution in [-0.4, -0.2) is 40.3 Å². The number of ether oxygens (including phenoxy) is 2. The molecule has 32 heavy (non-hydrogen) atoms. The highest BCUT2D eigenvalue weighted by Crippen LogP contribution is 2.30. The molecule has 0 amide bonds. The van der Waals surface area contributed by atoms with Crippen LogP contribution in [0.15, 0.2) is 26.5 Å². The topological polar surface area (TPSA) is 148 Å². The molecule has 4 N–H and O–H groups in total. The summed E-state index contributed by atoms with van der Waals surface area (Å²) in [6.45, 7) is 4.74. The zero-order valence-corrected chi connectivity index (χ0v) is 18.7. The number of aromatic nitrogens is 4. The summed E-state index contributed by atoms with van der Waals surface area (Å²) in [6.07, 6.45) is 1.61. The van der Waals surface area contributed by atoms with E-state index in [1.807, 2.05) is 13.8 Å². The highest BCUT2D eigenvalue weighted by molar-refractivity contribution is 5.81. The maximum absolute atomic E-state index is 12.7. The Morgan fingerprint density at radius 1 is 1.06 bits per heavy atom. The number of hydrogen-bond donors (Lipinski definition) is 3. The molecule has 0 fully saturated rings. The summed E-state index contributed by atoms with van der Waals surface area (Å²) in [6, 6.07) is 3.18. The van der Waals surface area contributed by atoms with Gasteiger partial charge < -0.3 is 25.1 Å². The quantitative estimate of drug-likeness (QED) is 0.446. The van der Waals surface area contributed by atoms with Crippen LogP contribution in [0.25, 0.3) is 10.9 Å². The second-order valence-corrected chi connectivity index (χ2v) is 7.25. The lowest BCUT2D eigenvalue weighted by molar-refractivity contribution is 0.355. The van der Waals surface area contributed by atoms with Gasteiger partial charge in [0.15, 0.2) is 11.5 Å². The molecule has 11 nitrogen and oxygen atoms in total. The largest absolute Gasteiger partial charge is 0.493 e. The minimum atomic E-state index is -0.586. The lowest BCUT2D eigenvalue weighted by atomic mass is 10.2. The van der Waals surface area contributed by atoms with Gasteiger partial charge in [-0.3, -0.25) is 19.1 Å². The van der Waals surface area contributed by atoms with Gasteiger partial charge in [0.1, 0.15) is 17.3 Å². The fourth-order valence-electron chi connectivity index (χ4n) is 3.54. The van der Waals surface area contributed by atoms with Crippen molar-refractivity contribution in [3.05, 3.63) is 49.1 Å². The Hall–Kier alpha value is -3.76. The Kier molecular flexibility index (Phi) is 6.86. The minimum Gasteiger partial charge on any atom is -0.493 e. The molecule has 0 saturated heterocycles. The number of fused-ring (bicyclic) bond motifs is 1. The second-order valence-electron chi connectivity index (χ2n) is 7.25. The zero-order chi connectivity index (χ0) is 23.4. The molecule has 0 unspecified atom stereocenters. The lowest BCUT2D eigenvalue weighted by Gasteiger charge is -2.24. The number of nitrogen functional groups attached to an aromatic ring is 1. The molecule has 11 heteroatoms. The van der Waals surface area contributed by atoms with Crippen LogP contribution in [0.4, 0.5) is 11.5 Å². The number of H-pyrrole nitrogens is 2. The van der Waals surface area contributed by atoms with E-state index < -0.39 is 11.2 Å². The number of benzene rings is 1. The number of rotatable bonds is 9. The number of nitrogens with two attached hydrogens (primary N) is 1. The van der Waals surface area contributed by atoms with Crippen molar-refractivity contribution in [2.45, 2.75) is 39.8 Å². The van der Waals surface area contributed by atoms with Crippen molar-refractivity contribution in [3.63, 3.8) is 0 Å². The molecule has 0 bridgehead atoms. The van der Waals surface area contributed by atoms with Crippen molar-refractivity contribution in [2.75, 3.05) is 31.4 Å². The van der Waals surface area contributed by atoms with Crippen LogP contribution in [0.1, 0.15) is 32.5 Å². The molecule has 0 aliphatic rings. The molecule has 1 aromatic carbocycles. The molecule has 0 spiro atoms. The number of methoxy groups -OCH3 is 2. The molecule has 3 aromatic rings. The van der Waals surface area contributed by atoms with Crippen LogP contribution in [-0.2, 0) is 13.1 Å². The van der Waals surface area contributed by atoms with Gasteiger partial charge in [-0.05, 0) is 19.4 Å². The maximum Gasteiger partial charge on any atom is 0.330 e. The second kappa shape index (κ2) is 9.58. The van der Waals surface area contributed by atoms with Crippen LogP contribution in [0, 0.1) is 0 Å². The van der Waals surface area contributed by atoms with E-state index in [0.29, 0.717) is 41.3 Å². The van der Waals surface area contributed by atoms with Gasteiger partial charge in [0.2, 0.25) is 0 Å². The first-order valence-corrected chi connectivity index (χ1v) is 10.4. The summed E-state index contributed by atoms with van der Waals surface area (Å²) in [5.74, 6) is 1.29. The Morgan fingerprint density at radius 2 is 1.75 bits per heavy atom. The molecule has 172 valence electrons. The first kappa shape index (κ1) is 22.9. The normalized spacial score (nSPS) is 11.0. The molecule has 0 saturated carbocycles. The average Bonchev–Trinajstić information content (AvgIpc) is 2.77. The van der Waals surface area contributed by atoms with E-state index in [9.17, 15) is 14.4 Å². The predicted octanol–water partition coefficient (Wildman–Crippen LogP) is 1.20. The molecule has 0 radical (unpaired) electrons. The summed E-state index contributed by atoms with van der Waals surface area (Å²) in [4.78, 5) is 48.8. The molecule has 0 aliphatic heterocycles. The smallest absolute Gasteiger partial charge is 0.330 e. The lowest BCUT2D eigenvalue weighted by Crippen LogP contribution is -2.38. The van der Waals surface area contributed by atoms with E-state index in [0.717, 1.165) is 12.8 Å². The van der Waals surface area contributed by atoms with Gasteiger partial charge in [-0.1, -0.05) is 13.3 Å². The number of unbranched alkanes of at least 4 members (excludes halogenated alkanes) is 1. The van der Waals surface area contributed by atoms with Crippen LogP contribution in [0.2, 0.25) is 0 Å². The number of nitrogens with one attached hydrogen (secondary N) is 2. The molecular formula is C21H28N6O5. The monoisotopic (exact) mass is 444 g/mol. The molecule has 2 heterocycles. The standard InChI is InChI=1S/C21H28N6O5/c1-5-7-8-27-18(22)17(20(29)25-21(27)30)26(6-2)11-16-23-13-10-15(32-4)14(31-3)9-12(13)19(28)24-16/h9-10H,5-8,11,22H2,1-4H3,(H,23,24,28)(H,25,29,30). The Balaban J connectivity index is 2.06. The van der Waals surface area contributed by atoms with Crippen LogP contribution in [0.3, 0.4) is 0 Å². The zero-order valence-electron chi connectivity index (χ0n) is 18.7. The van der Waals surface area contributed by atoms with Crippen molar-refractivity contribution < 1.29 is 9.47 Å². The van der Waals surface area contributed by atoms with E-state index in [1.54, 1.807) is 17.0 Å². The van der Waals surface area contributed by atoms with Crippen molar-refractivity contribution in [1.82, 2.24) is 19.5 Å². The van der Waals surface area contributed by atoms with Gasteiger partial charge in [0.05, 0.1) is 31.7 Å². The molecule has 0 atom stereocenters. The summed E-state index contributed by atoms with van der Waals surface area (Å²) in [7, 11) is 2.99. The van der Waals surface area contributed by atoms with Crippen LogP contribution >= 0.6 is 0 Å². The SMILES string of the molecule is CCCCn1c(N)c(N(CC)Cc2nc3cc(OC)c(OC)cc3c(=O)[nH]2)c(=O)[nH]c1=O. The maximum atomic E-state index is 12.7. The number of hydrogen-bond acceptors (Lipinski definition) is 8. The Labute approximate surface area is 183 Å². The Bertz CT molecular complexity index is 1290. The van der Waals surface area contributed by atoms with Gasteiger partial charge in [-0.25, -0.2) is 9.78 Å². The van der Waals surface area contributed by atoms with Gasteiger partial charge in [0.25, 0.3) is 11.1 Å². The minimum absolute atomic E-state index is 0.0867. The summed E-state index contributed by atoms with van der Waals surface area (Å²) >= 11 is 0. The van der Waals surface area contributed by atoms with Crippen molar-refractivity contribution >= 4 is 22.4 Å². The van der Waals surface area contributed by atoms with Gasteiger partial charge >= 0.3 is 5.69 Å². The molecule has 2 aromatic heterocycles. The fraction of sp³-hybridized carbons (Fsp3) is 0.429.